The van der Waals surface area contributed by atoms with Crippen molar-refractivity contribution in [2.45, 2.75) is 33.1 Å². The predicted octanol–water partition coefficient (Wildman–Crippen LogP) is 6.54. The molecule has 36 heavy (non-hydrogen) atoms. The number of ether oxygens (including phenoxy) is 2. The van der Waals surface area contributed by atoms with Gasteiger partial charge in [0.2, 0.25) is 5.89 Å². The maximum absolute atomic E-state index is 12.7. The quantitative estimate of drug-likeness (QED) is 0.264. The van der Waals surface area contributed by atoms with Gasteiger partial charge in [0.05, 0.1) is 19.4 Å². The number of aromatic nitrogens is 1. The first-order valence-electron chi connectivity index (χ1n) is 11.8. The minimum atomic E-state index is -0.343. The van der Waals surface area contributed by atoms with E-state index in [1.54, 1.807) is 31.4 Å². The largest absolute Gasteiger partial charge is 0.495 e. The second-order valence-corrected chi connectivity index (χ2v) is 9.01. The Hall–Kier alpha value is -3.91. The maximum Gasteiger partial charge on any atom is 0.257 e. The fraction of sp³-hybridized carbons (Fsp3) is 0.250. The zero-order valence-electron chi connectivity index (χ0n) is 20.8. The molecular formula is C28H29N3O4S. The van der Waals surface area contributed by atoms with Crippen LogP contribution in [0.25, 0.3) is 22.6 Å². The monoisotopic (exact) mass is 503 g/mol. The highest BCUT2D eigenvalue weighted by molar-refractivity contribution is 7.80. The van der Waals surface area contributed by atoms with Gasteiger partial charge in [-0.25, -0.2) is 4.98 Å². The lowest BCUT2D eigenvalue weighted by atomic mass is 10.0. The van der Waals surface area contributed by atoms with Gasteiger partial charge in [-0.15, -0.1) is 0 Å². The minimum Gasteiger partial charge on any atom is -0.495 e. The third-order valence-electron chi connectivity index (χ3n) is 5.57. The van der Waals surface area contributed by atoms with Crippen molar-refractivity contribution in [1.82, 2.24) is 10.3 Å². The van der Waals surface area contributed by atoms with Gasteiger partial charge in [-0.1, -0.05) is 32.9 Å². The lowest BCUT2D eigenvalue weighted by molar-refractivity contribution is 0.0977. The molecule has 3 aromatic carbocycles. The van der Waals surface area contributed by atoms with Gasteiger partial charge in [-0.05, 0) is 78.7 Å². The molecule has 0 aliphatic carbocycles. The molecule has 0 saturated carbocycles. The maximum atomic E-state index is 12.7. The Morgan fingerprint density at radius 2 is 1.94 bits per heavy atom. The summed E-state index contributed by atoms with van der Waals surface area (Å²) in [5, 5.41) is 5.89. The molecule has 8 heteroatoms. The first-order valence-corrected chi connectivity index (χ1v) is 12.2. The van der Waals surface area contributed by atoms with E-state index in [0.717, 1.165) is 17.5 Å². The first kappa shape index (κ1) is 25.2. The van der Waals surface area contributed by atoms with Crippen molar-refractivity contribution in [3.63, 3.8) is 0 Å². The molecule has 2 N–H and O–H groups in total. The van der Waals surface area contributed by atoms with E-state index in [9.17, 15) is 4.79 Å². The second kappa shape index (κ2) is 11.2. The number of methoxy groups -OCH3 is 1. The van der Waals surface area contributed by atoms with Crippen LogP contribution < -0.4 is 20.1 Å². The predicted molar refractivity (Wildman–Crippen MR) is 146 cm³/mol. The molecule has 4 aromatic rings. The zero-order chi connectivity index (χ0) is 25.7. The number of hydrogen-bond donors (Lipinski definition) is 2. The van der Waals surface area contributed by atoms with Crippen LogP contribution in [0.4, 0.5) is 5.69 Å². The van der Waals surface area contributed by atoms with Gasteiger partial charge < -0.3 is 19.2 Å². The lowest BCUT2D eigenvalue weighted by Crippen LogP contribution is -2.34. The molecule has 0 aliphatic rings. The van der Waals surface area contributed by atoms with Crippen molar-refractivity contribution >= 4 is 40.0 Å². The number of nitrogens with zero attached hydrogens (tertiary/aromatic N) is 1. The number of carbonyl (C=O) groups excluding carboxylic acids is 1. The van der Waals surface area contributed by atoms with Crippen molar-refractivity contribution in [2.24, 2.45) is 0 Å². The summed E-state index contributed by atoms with van der Waals surface area (Å²) in [4.78, 5) is 17.4. The summed E-state index contributed by atoms with van der Waals surface area (Å²) in [5.74, 6) is 1.73. The van der Waals surface area contributed by atoms with Gasteiger partial charge in [0.25, 0.3) is 5.91 Å². The van der Waals surface area contributed by atoms with Gasteiger partial charge in [0.15, 0.2) is 10.7 Å². The van der Waals surface area contributed by atoms with E-state index in [1.165, 1.54) is 5.56 Å². The van der Waals surface area contributed by atoms with Crippen LogP contribution in [0.5, 0.6) is 11.5 Å². The standard InChI is InChI=1S/C28H29N3O4S/c1-5-13-34-21-8-6-7-19(14-21)26(32)31-28(36)30-22-16-20(10-11-24(22)33-4)27-29-23-15-18(17(2)3)9-12-25(23)35-27/h6-12,14-17H,5,13H2,1-4H3,(H2,30,31,32,36). The Kier molecular flexibility index (Phi) is 7.85. The highest BCUT2D eigenvalue weighted by atomic mass is 32.1. The van der Waals surface area contributed by atoms with Crippen LogP contribution in [0.3, 0.4) is 0 Å². The van der Waals surface area contributed by atoms with Crippen molar-refractivity contribution in [2.75, 3.05) is 19.0 Å². The van der Waals surface area contributed by atoms with E-state index in [1.807, 2.05) is 37.3 Å². The number of nitrogens with one attached hydrogen (secondary N) is 2. The topological polar surface area (TPSA) is 85.6 Å². The molecule has 0 radical (unpaired) electrons. The summed E-state index contributed by atoms with van der Waals surface area (Å²) >= 11 is 5.40. The van der Waals surface area contributed by atoms with E-state index in [-0.39, 0.29) is 11.0 Å². The van der Waals surface area contributed by atoms with E-state index in [2.05, 4.69) is 35.5 Å². The minimum absolute atomic E-state index is 0.134. The molecule has 1 aromatic heterocycles. The van der Waals surface area contributed by atoms with Crippen LogP contribution in [-0.4, -0.2) is 29.7 Å². The number of hydrogen-bond acceptors (Lipinski definition) is 6. The van der Waals surface area contributed by atoms with Crippen molar-refractivity contribution in [1.29, 1.82) is 0 Å². The van der Waals surface area contributed by atoms with E-state index >= 15 is 0 Å². The van der Waals surface area contributed by atoms with Crippen molar-refractivity contribution in [3.8, 4) is 23.0 Å². The molecule has 1 amide bonds. The fourth-order valence-corrected chi connectivity index (χ4v) is 3.84. The van der Waals surface area contributed by atoms with Crippen LogP contribution in [0.15, 0.2) is 65.1 Å². The molecule has 186 valence electrons. The van der Waals surface area contributed by atoms with E-state index < -0.39 is 0 Å². The Morgan fingerprint density at radius 1 is 1.11 bits per heavy atom. The van der Waals surface area contributed by atoms with E-state index in [4.69, 9.17) is 26.1 Å². The number of carbonyl (C=O) groups is 1. The van der Waals surface area contributed by atoms with Crippen LogP contribution in [-0.2, 0) is 0 Å². The zero-order valence-corrected chi connectivity index (χ0v) is 21.6. The Morgan fingerprint density at radius 3 is 2.69 bits per heavy atom. The van der Waals surface area contributed by atoms with Gasteiger partial charge in [0.1, 0.15) is 17.0 Å². The Labute approximate surface area is 215 Å². The molecule has 0 fully saturated rings. The molecular weight excluding hydrogens is 474 g/mol. The van der Waals surface area contributed by atoms with Gasteiger partial charge >= 0.3 is 0 Å². The average Bonchev–Trinajstić information content (AvgIpc) is 3.31. The highest BCUT2D eigenvalue weighted by Gasteiger charge is 2.15. The van der Waals surface area contributed by atoms with Gasteiger partial charge in [-0.2, -0.15) is 0 Å². The summed E-state index contributed by atoms with van der Waals surface area (Å²) in [6, 6.07) is 18.5. The third kappa shape index (κ3) is 5.83. The summed E-state index contributed by atoms with van der Waals surface area (Å²) in [6.45, 7) is 6.89. The molecule has 0 bridgehead atoms. The summed E-state index contributed by atoms with van der Waals surface area (Å²) < 4.78 is 17.1. The molecule has 0 aliphatic heterocycles. The van der Waals surface area contributed by atoms with Gasteiger partial charge in [0, 0.05) is 11.1 Å². The van der Waals surface area contributed by atoms with Crippen LogP contribution in [0.1, 0.15) is 49.0 Å². The van der Waals surface area contributed by atoms with Crippen LogP contribution >= 0.6 is 12.2 Å². The summed E-state index contributed by atoms with van der Waals surface area (Å²) in [5.41, 5.74) is 4.48. The van der Waals surface area contributed by atoms with Crippen molar-refractivity contribution in [3.05, 3.63) is 71.8 Å². The lowest BCUT2D eigenvalue weighted by Gasteiger charge is -2.14. The number of thiocarbonyl (C=S) groups is 1. The number of fused-ring (bicyclic) bond motifs is 1. The molecule has 0 saturated heterocycles. The Bertz CT molecular complexity index is 1400. The molecule has 4 rings (SSSR count). The smallest absolute Gasteiger partial charge is 0.257 e. The van der Waals surface area contributed by atoms with Crippen LogP contribution in [0, 0.1) is 0 Å². The normalized spacial score (nSPS) is 10.9. The Balaban J connectivity index is 1.52. The number of amides is 1. The molecule has 7 nitrogen and oxygen atoms in total. The molecule has 0 atom stereocenters. The van der Waals surface area contributed by atoms with Gasteiger partial charge in [-0.3, -0.25) is 10.1 Å². The SMILES string of the molecule is CCCOc1cccc(C(=O)NC(=S)Nc2cc(-c3nc4cc(C(C)C)ccc4o3)ccc2OC)c1. The highest BCUT2D eigenvalue weighted by Crippen LogP contribution is 2.32. The summed E-state index contributed by atoms with van der Waals surface area (Å²) in [6.07, 6.45) is 0.883. The van der Waals surface area contributed by atoms with Crippen LogP contribution in [0.2, 0.25) is 0 Å². The van der Waals surface area contributed by atoms with Crippen molar-refractivity contribution < 1.29 is 18.7 Å². The molecule has 0 spiro atoms. The number of benzene rings is 3. The number of oxazole rings is 1. The van der Waals surface area contributed by atoms with E-state index in [0.29, 0.717) is 46.7 Å². The molecule has 1 heterocycles. The summed E-state index contributed by atoms with van der Waals surface area (Å²) in [7, 11) is 1.57. The number of anilines is 1. The average molecular weight is 504 g/mol. The fourth-order valence-electron chi connectivity index (χ4n) is 3.64. The first-order chi connectivity index (χ1) is 17.4. The second-order valence-electron chi connectivity index (χ2n) is 8.60. The molecule has 0 unspecified atom stereocenters. The number of rotatable bonds is 8. The third-order valence-corrected chi connectivity index (χ3v) is 5.77.